The second kappa shape index (κ2) is 10.3. The summed E-state index contributed by atoms with van der Waals surface area (Å²) >= 11 is 0. The zero-order valence-corrected chi connectivity index (χ0v) is 18.9. The number of rotatable bonds is 8. The summed E-state index contributed by atoms with van der Waals surface area (Å²) in [5, 5.41) is 0. The van der Waals surface area contributed by atoms with Crippen LogP contribution in [0.3, 0.4) is 0 Å². The minimum atomic E-state index is -0.320. The number of benzene rings is 4. The van der Waals surface area contributed by atoms with Crippen LogP contribution in [0.2, 0.25) is 0 Å². The van der Waals surface area contributed by atoms with Crippen LogP contribution in [-0.2, 0) is 4.79 Å². The fourth-order valence-electron chi connectivity index (χ4n) is 3.63. The van der Waals surface area contributed by atoms with E-state index in [9.17, 15) is 13.6 Å². The molecular formula is C29H24F2O3. The Bertz CT molecular complexity index is 1130. The van der Waals surface area contributed by atoms with Crippen LogP contribution < -0.4 is 9.47 Å². The molecule has 0 spiro atoms. The standard InChI is InChI=1S/C29H24F2O3/c1-19(21-3-11-25(12-4-21)33-27-15-7-23(30)8-16-27)29(32)20(2)22-5-13-26(14-6-22)34-28-17-9-24(31)10-18-28/h3-20H,1-2H3. The minimum absolute atomic E-state index is 0.0967. The van der Waals surface area contributed by atoms with E-state index in [1.807, 2.05) is 38.1 Å². The molecule has 0 N–H and O–H groups in total. The van der Waals surface area contributed by atoms with E-state index in [-0.39, 0.29) is 29.3 Å². The number of Topliss-reactive ketones (excluding diaryl/α,β-unsaturated/α-hetero) is 1. The Balaban J connectivity index is 1.38. The van der Waals surface area contributed by atoms with E-state index < -0.39 is 0 Å². The topological polar surface area (TPSA) is 35.5 Å². The Hall–Kier alpha value is -3.99. The lowest BCUT2D eigenvalue weighted by molar-refractivity contribution is -0.121. The first-order valence-corrected chi connectivity index (χ1v) is 11.0. The number of hydrogen-bond donors (Lipinski definition) is 0. The maximum absolute atomic E-state index is 13.1. The van der Waals surface area contributed by atoms with Gasteiger partial charge in [0, 0.05) is 11.8 Å². The summed E-state index contributed by atoms with van der Waals surface area (Å²) in [6, 6.07) is 26.3. The molecule has 4 aromatic carbocycles. The van der Waals surface area contributed by atoms with Crippen LogP contribution in [0.25, 0.3) is 0 Å². The van der Waals surface area contributed by atoms with Crippen LogP contribution in [0.5, 0.6) is 23.0 Å². The van der Waals surface area contributed by atoms with Crippen molar-refractivity contribution in [2.45, 2.75) is 25.7 Å². The van der Waals surface area contributed by atoms with Crippen molar-refractivity contribution in [1.82, 2.24) is 0 Å². The Labute approximate surface area is 197 Å². The van der Waals surface area contributed by atoms with Crippen molar-refractivity contribution in [3.05, 3.63) is 120 Å². The van der Waals surface area contributed by atoms with E-state index in [0.29, 0.717) is 23.0 Å². The van der Waals surface area contributed by atoms with Gasteiger partial charge in [-0.3, -0.25) is 4.79 Å². The molecule has 0 radical (unpaired) electrons. The Morgan fingerprint density at radius 1 is 0.529 bits per heavy atom. The van der Waals surface area contributed by atoms with Crippen LogP contribution in [0, 0.1) is 11.6 Å². The van der Waals surface area contributed by atoms with Crippen LogP contribution in [-0.4, -0.2) is 5.78 Å². The smallest absolute Gasteiger partial charge is 0.147 e. The molecule has 0 bridgehead atoms. The second-order valence-corrected chi connectivity index (χ2v) is 8.10. The zero-order chi connectivity index (χ0) is 24.1. The summed E-state index contributed by atoms with van der Waals surface area (Å²) in [5.41, 5.74) is 1.78. The van der Waals surface area contributed by atoms with Gasteiger partial charge >= 0.3 is 0 Å². The maximum atomic E-state index is 13.1. The molecule has 0 aliphatic heterocycles. The molecule has 4 aromatic rings. The van der Waals surface area contributed by atoms with E-state index in [4.69, 9.17) is 9.47 Å². The molecule has 0 aliphatic carbocycles. The van der Waals surface area contributed by atoms with E-state index in [1.54, 1.807) is 48.5 Å². The molecule has 172 valence electrons. The van der Waals surface area contributed by atoms with Gasteiger partial charge in [-0.25, -0.2) is 8.78 Å². The molecule has 0 amide bonds. The molecule has 2 unspecified atom stereocenters. The molecule has 0 saturated carbocycles. The Morgan fingerprint density at radius 3 is 1.09 bits per heavy atom. The lowest BCUT2D eigenvalue weighted by atomic mass is 9.86. The minimum Gasteiger partial charge on any atom is -0.457 e. The number of ketones is 1. The van der Waals surface area contributed by atoms with Gasteiger partial charge in [0.2, 0.25) is 0 Å². The summed E-state index contributed by atoms with van der Waals surface area (Å²) in [4.78, 5) is 13.1. The first kappa shape index (κ1) is 23.2. The van der Waals surface area contributed by atoms with Gasteiger partial charge in [-0.05, 0) is 83.9 Å². The van der Waals surface area contributed by atoms with Crippen molar-refractivity contribution in [2.75, 3.05) is 0 Å². The van der Waals surface area contributed by atoms with Crippen LogP contribution in [0.15, 0.2) is 97.1 Å². The Kier molecular flexibility index (Phi) is 7.02. The fourth-order valence-corrected chi connectivity index (χ4v) is 3.63. The van der Waals surface area contributed by atoms with Gasteiger partial charge in [-0.15, -0.1) is 0 Å². The van der Waals surface area contributed by atoms with Gasteiger partial charge in [0.1, 0.15) is 40.4 Å². The van der Waals surface area contributed by atoms with E-state index in [2.05, 4.69) is 0 Å². The summed E-state index contributed by atoms with van der Waals surface area (Å²) in [7, 11) is 0. The summed E-state index contributed by atoms with van der Waals surface area (Å²) in [6.45, 7) is 3.78. The highest BCUT2D eigenvalue weighted by atomic mass is 19.1. The molecule has 0 fully saturated rings. The SMILES string of the molecule is CC(C(=O)C(C)c1ccc(Oc2ccc(F)cc2)cc1)c1ccc(Oc2ccc(F)cc2)cc1. The molecule has 0 aliphatic rings. The van der Waals surface area contributed by atoms with E-state index in [1.165, 1.54) is 24.3 Å². The normalized spacial score (nSPS) is 12.6. The van der Waals surface area contributed by atoms with Gasteiger partial charge in [0.25, 0.3) is 0 Å². The predicted molar refractivity (Wildman–Crippen MR) is 128 cm³/mol. The van der Waals surface area contributed by atoms with Crippen molar-refractivity contribution in [1.29, 1.82) is 0 Å². The summed E-state index contributed by atoms with van der Waals surface area (Å²) < 4.78 is 37.5. The number of halogens is 2. The third-order valence-electron chi connectivity index (χ3n) is 5.71. The van der Waals surface area contributed by atoms with Gasteiger partial charge in [0.05, 0.1) is 0 Å². The summed E-state index contributed by atoms with van der Waals surface area (Å²) in [5.74, 6) is 1.16. The molecule has 4 rings (SSSR count). The van der Waals surface area contributed by atoms with Crippen LogP contribution in [0.1, 0.15) is 36.8 Å². The van der Waals surface area contributed by atoms with E-state index in [0.717, 1.165) is 11.1 Å². The largest absolute Gasteiger partial charge is 0.457 e. The highest BCUT2D eigenvalue weighted by Crippen LogP contribution is 2.30. The molecular weight excluding hydrogens is 434 g/mol. The zero-order valence-electron chi connectivity index (χ0n) is 18.9. The Morgan fingerprint density at radius 2 is 0.794 bits per heavy atom. The van der Waals surface area contributed by atoms with Crippen LogP contribution >= 0.6 is 0 Å². The maximum Gasteiger partial charge on any atom is 0.147 e. The third kappa shape index (κ3) is 5.67. The van der Waals surface area contributed by atoms with Gasteiger partial charge < -0.3 is 9.47 Å². The van der Waals surface area contributed by atoms with E-state index >= 15 is 0 Å². The molecule has 0 saturated heterocycles. The van der Waals surface area contributed by atoms with Gasteiger partial charge in [0.15, 0.2) is 0 Å². The van der Waals surface area contributed by atoms with Crippen molar-refractivity contribution >= 4 is 5.78 Å². The van der Waals surface area contributed by atoms with Crippen molar-refractivity contribution in [3.63, 3.8) is 0 Å². The average molecular weight is 459 g/mol. The molecule has 2 atom stereocenters. The van der Waals surface area contributed by atoms with Gasteiger partial charge in [-0.2, -0.15) is 0 Å². The predicted octanol–water partition coefficient (Wildman–Crippen LogP) is 8.03. The monoisotopic (exact) mass is 458 g/mol. The molecule has 0 heterocycles. The van der Waals surface area contributed by atoms with Crippen molar-refractivity contribution < 1.29 is 23.0 Å². The fraction of sp³-hybridized carbons (Fsp3) is 0.138. The number of ether oxygens (including phenoxy) is 2. The molecule has 34 heavy (non-hydrogen) atoms. The molecule has 0 aromatic heterocycles. The highest BCUT2D eigenvalue weighted by Gasteiger charge is 2.23. The average Bonchev–Trinajstić information content (AvgIpc) is 2.86. The lowest BCUT2D eigenvalue weighted by Crippen LogP contribution is -2.16. The number of carbonyl (C=O) groups is 1. The quantitative estimate of drug-likeness (QED) is 0.268. The first-order chi connectivity index (χ1) is 16.4. The number of carbonyl (C=O) groups excluding carboxylic acids is 1. The third-order valence-corrected chi connectivity index (χ3v) is 5.71. The lowest BCUT2D eigenvalue weighted by Gasteiger charge is -2.18. The number of hydrogen-bond acceptors (Lipinski definition) is 3. The highest BCUT2D eigenvalue weighted by molar-refractivity contribution is 5.91. The van der Waals surface area contributed by atoms with Crippen molar-refractivity contribution in [2.24, 2.45) is 0 Å². The molecule has 5 heteroatoms. The molecule has 3 nitrogen and oxygen atoms in total. The first-order valence-electron chi connectivity index (χ1n) is 11.0. The summed E-state index contributed by atoms with van der Waals surface area (Å²) in [6.07, 6.45) is 0. The van der Waals surface area contributed by atoms with Crippen LogP contribution in [0.4, 0.5) is 8.78 Å². The van der Waals surface area contributed by atoms with Gasteiger partial charge in [-0.1, -0.05) is 38.1 Å². The second-order valence-electron chi connectivity index (χ2n) is 8.10. The van der Waals surface area contributed by atoms with Crippen molar-refractivity contribution in [3.8, 4) is 23.0 Å².